The summed E-state index contributed by atoms with van der Waals surface area (Å²) in [6.45, 7) is 4.60. The van der Waals surface area contributed by atoms with Crippen molar-refractivity contribution >= 4 is 5.65 Å². The number of aromatic nitrogens is 3. The predicted octanol–water partition coefficient (Wildman–Crippen LogP) is 2.21. The molecule has 1 fully saturated rings. The van der Waals surface area contributed by atoms with Crippen LogP contribution in [0.15, 0.2) is 42.6 Å². The van der Waals surface area contributed by atoms with E-state index < -0.39 is 0 Å². The highest BCUT2D eigenvalue weighted by atomic mass is 16.5. The van der Waals surface area contributed by atoms with E-state index >= 15 is 0 Å². The molecule has 0 amide bonds. The van der Waals surface area contributed by atoms with Crippen LogP contribution in [0.2, 0.25) is 0 Å². The summed E-state index contributed by atoms with van der Waals surface area (Å²) in [5.74, 6) is 2.61. The summed E-state index contributed by atoms with van der Waals surface area (Å²) in [6, 6.07) is 12.4. The molecule has 5 heteroatoms. The third-order valence-electron chi connectivity index (χ3n) is 4.27. The monoisotopic (exact) mass is 318 g/mol. The summed E-state index contributed by atoms with van der Waals surface area (Å²) in [5.41, 5.74) is 4.68. The van der Waals surface area contributed by atoms with E-state index in [-0.39, 0.29) is 0 Å². The average Bonchev–Trinajstić information content (AvgIpc) is 3.05. The molecule has 2 aromatic heterocycles. The quantitative estimate of drug-likeness (QED) is 0.695. The summed E-state index contributed by atoms with van der Waals surface area (Å²) in [7, 11) is 0. The summed E-state index contributed by atoms with van der Waals surface area (Å²) in [6.07, 6.45) is 7.16. The van der Waals surface area contributed by atoms with Crippen molar-refractivity contribution in [3.8, 4) is 23.6 Å². The molecule has 0 bridgehead atoms. The van der Waals surface area contributed by atoms with Crippen LogP contribution >= 0.6 is 0 Å². The van der Waals surface area contributed by atoms with Crippen molar-refractivity contribution in [1.29, 1.82) is 0 Å². The number of hydrogen-bond acceptors (Lipinski definition) is 4. The van der Waals surface area contributed by atoms with Gasteiger partial charge in [0.05, 0.1) is 25.1 Å². The highest BCUT2D eigenvalue weighted by Crippen LogP contribution is 2.19. The molecule has 3 aromatic rings. The first-order valence-electron chi connectivity index (χ1n) is 8.04. The largest absolute Gasteiger partial charge is 0.379 e. The van der Waals surface area contributed by atoms with Gasteiger partial charge in [-0.3, -0.25) is 4.90 Å². The van der Waals surface area contributed by atoms with Crippen molar-refractivity contribution < 1.29 is 4.74 Å². The van der Waals surface area contributed by atoms with E-state index in [0.717, 1.165) is 49.8 Å². The van der Waals surface area contributed by atoms with E-state index in [1.807, 2.05) is 12.1 Å². The first-order chi connectivity index (χ1) is 11.8. The zero-order valence-electron chi connectivity index (χ0n) is 13.4. The van der Waals surface area contributed by atoms with E-state index in [9.17, 15) is 0 Å². The third-order valence-corrected chi connectivity index (χ3v) is 4.27. The maximum absolute atomic E-state index is 5.49. The highest BCUT2D eigenvalue weighted by molar-refractivity contribution is 5.61. The van der Waals surface area contributed by atoms with Gasteiger partial charge in [-0.1, -0.05) is 24.3 Å². The zero-order chi connectivity index (χ0) is 16.4. The molecule has 1 aromatic carbocycles. The number of rotatable bonds is 3. The van der Waals surface area contributed by atoms with Crippen LogP contribution in [-0.4, -0.2) is 45.8 Å². The Balaban J connectivity index is 1.57. The van der Waals surface area contributed by atoms with E-state index in [0.29, 0.717) is 5.69 Å². The van der Waals surface area contributed by atoms with Crippen LogP contribution in [0.25, 0.3) is 16.9 Å². The Bertz CT molecular complexity index is 886. The molecule has 1 aliphatic heterocycles. The van der Waals surface area contributed by atoms with Crippen LogP contribution in [-0.2, 0) is 11.3 Å². The molecule has 120 valence electrons. The van der Waals surface area contributed by atoms with E-state index in [1.165, 1.54) is 5.56 Å². The number of imidazole rings is 1. The number of terminal acetylenes is 1. The van der Waals surface area contributed by atoms with E-state index in [2.05, 4.69) is 45.2 Å². The Morgan fingerprint density at radius 3 is 2.62 bits per heavy atom. The lowest BCUT2D eigenvalue weighted by Gasteiger charge is -2.26. The van der Waals surface area contributed by atoms with Crippen molar-refractivity contribution in [2.24, 2.45) is 0 Å². The molecule has 5 nitrogen and oxygen atoms in total. The molecular formula is C19H18N4O. The second-order valence-corrected chi connectivity index (χ2v) is 5.86. The van der Waals surface area contributed by atoms with E-state index in [4.69, 9.17) is 11.2 Å². The fourth-order valence-corrected chi connectivity index (χ4v) is 2.92. The standard InChI is InChI=1S/C19H18N4O/c1-2-17-13-20-19-8-7-18(21-23(17)19)16-5-3-15(4-6-16)14-22-9-11-24-12-10-22/h1,3-8,13H,9-12,14H2. The number of hydrogen-bond donors (Lipinski definition) is 0. The van der Waals surface area contributed by atoms with Crippen molar-refractivity contribution in [1.82, 2.24) is 19.5 Å². The summed E-state index contributed by atoms with van der Waals surface area (Å²) in [5, 5.41) is 4.61. The molecule has 0 saturated carbocycles. The Kier molecular flexibility index (Phi) is 3.99. The topological polar surface area (TPSA) is 42.7 Å². The van der Waals surface area contributed by atoms with E-state index in [1.54, 1.807) is 10.7 Å². The van der Waals surface area contributed by atoms with Crippen LogP contribution < -0.4 is 0 Å². The summed E-state index contributed by atoms with van der Waals surface area (Å²) >= 11 is 0. The van der Waals surface area contributed by atoms with Gasteiger partial charge in [0.25, 0.3) is 0 Å². The van der Waals surface area contributed by atoms with Gasteiger partial charge in [0.15, 0.2) is 5.65 Å². The van der Waals surface area contributed by atoms with Gasteiger partial charge in [-0.25, -0.2) is 9.50 Å². The van der Waals surface area contributed by atoms with Gasteiger partial charge in [-0.2, -0.15) is 5.10 Å². The Labute approximate surface area is 140 Å². The molecule has 0 spiro atoms. The summed E-state index contributed by atoms with van der Waals surface area (Å²) < 4.78 is 7.10. The Morgan fingerprint density at radius 1 is 1.08 bits per heavy atom. The highest BCUT2D eigenvalue weighted by Gasteiger charge is 2.11. The number of benzene rings is 1. The lowest BCUT2D eigenvalue weighted by atomic mass is 10.1. The molecule has 0 radical (unpaired) electrons. The normalized spacial score (nSPS) is 15.5. The van der Waals surface area contributed by atoms with Crippen molar-refractivity contribution in [2.45, 2.75) is 6.54 Å². The maximum Gasteiger partial charge on any atom is 0.154 e. The predicted molar refractivity (Wildman–Crippen MR) is 92.5 cm³/mol. The van der Waals surface area contributed by atoms with Crippen molar-refractivity contribution in [3.05, 3.63) is 53.9 Å². The van der Waals surface area contributed by atoms with Crippen molar-refractivity contribution in [2.75, 3.05) is 26.3 Å². The number of ether oxygens (including phenoxy) is 1. The van der Waals surface area contributed by atoms with Gasteiger partial charge < -0.3 is 4.74 Å². The van der Waals surface area contributed by atoms with Gasteiger partial charge in [0.2, 0.25) is 0 Å². The van der Waals surface area contributed by atoms with Gasteiger partial charge in [0.1, 0.15) is 5.69 Å². The SMILES string of the molecule is C#Cc1cnc2ccc(-c3ccc(CN4CCOCC4)cc3)nn12. The molecule has 1 saturated heterocycles. The number of nitrogens with zero attached hydrogens (tertiary/aromatic N) is 4. The molecule has 0 unspecified atom stereocenters. The first-order valence-corrected chi connectivity index (χ1v) is 8.04. The second-order valence-electron chi connectivity index (χ2n) is 5.86. The van der Waals surface area contributed by atoms with Crippen LogP contribution in [0.4, 0.5) is 0 Å². The van der Waals surface area contributed by atoms with Gasteiger partial charge >= 0.3 is 0 Å². The Hall–Kier alpha value is -2.68. The minimum Gasteiger partial charge on any atom is -0.379 e. The molecular weight excluding hydrogens is 300 g/mol. The van der Waals surface area contributed by atoms with Crippen LogP contribution in [0, 0.1) is 12.3 Å². The minimum absolute atomic E-state index is 0.663. The smallest absolute Gasteiger partial charge is 0.154 e. The van der Waals surface area contributed by atoms with Crippen LogP contribution in [0.5, 0.6) is 0 Å². The van der Waals surface area contributed by atoms with Gasteiger partial charge in [-0.15, -0.1) is 6.42 Å². The third kappa shape index (κ3) is 2.90. The number of fused-ring (bicyclic) bond motifs is 1. The van der Waals surface area contributed by atoms with Crippen molar-refractivity contribution in [3.63, 3.8) is 0 Å². The maximum atomic E-state index is 5.49. The second kappa shape index (κ2) is 6.44. The lowest BCUT2D eigenvalue weighted by Crippen LogP contribution is -2.35. The average molecular weight is 318 g/mol. The first kappa shape index (κ1) is 14.9. The van der Waals surface area contributed by atoms with Crippen LogP contribution in [0.1, 0.15) is 11.3 Å². The Morgan fingerprint density at radius 2 is 1.88 bits per heavy atom. The molecule has 3 heterocycles. The fraction of sp³-hybridized carbons (Fsp3) is 0.263. The molecule has 0 atom stereocenters. The van der Waals surface area contributed by atoms with Gasteiger partial charge in [-0.05, 0) is 23.6 Å². The molecule has 0 aliphatic carbocycles. The summed E-state index contributed by atoms with van der Waals surface area (Å²) in [4.78, 5) is 6.66. The molecule has 1 aliphatic rings. The van der Waals surface area contributed by atoms with Gasteiger partial charge in [0, 0.05) is 25.2 Å². The minimum atomic E-state index is 0.663. The zero-order valence-corrected chi connectivity index (χ0v) is 13.4. The molecule has 0 N–H and O–H groups in total. The lowest BCUT2D eigenvalue weighted by molar-refractivity contribution is 0.0342. The molecule has 4 rings (SSSR count). The fourth-order valence-electron chi connectivity index (χ4n) is 2.92. The molecule has 24 heavy (non-hydrogen) atoms. The number of morpholine rings is 1. The van der Waals surface area contributed by atoms with Crippen LogP contribution in [0.3, 0.4) is 0 Å².